The van der Waals surface area contributed by atoms with Gasteiger partial charge >= 0.3 is 0 Å². The number of aryl methyl sites for hydroxylation is 1. The summed E-state index contributed by atoms with van der Waals surface area (Å²) < 4.78 is 13.1. The molecule has 78 valence electrons. The summed E-state index contributed by atoms with van der Waals surface area (Å²) in [5, 5.41) is 6.79. The Hall–Kier alpha value is -1.68. The third-order valence-corrected chi connectivity index (χ3v) is 2.38. The minimum atomic E-state index is -0.201. The fourth-order valence-corrected chi connectivity index (χ4v) is 1.52. The Morgan fingerprint density at radius 3 is 2.93 bits per heavy atom. The minimum absolute atomic E-state index is 0.201. The van der Waals surface area contributed by atoms with E-state index in [0.717, 1.165) is 16.8 Å². The highest BCUT2D eigenvalue weighted by Crippen LogP contribution is 2.22. The van der Waals surface area contributed by atoms with Crippen LogP contribution in [0, 0.1) is 12.7 Å². The molecule has 0 bridgehead atoms. The lowest BCUT2D eigenvalue weighted by Crippen LogP contribution is -1.97. The molecule has 0 saturated heterocycles. The average Bonchev–Trinajstić information content (AvgIpc) is 2.70. The molecule has 0 atom stereocenters. The van der Waals surface area contributed by atoms with Gasteiger partial charge in [0.2, 0.25) is 0 Å². The number of nitrogens with one attached hydrogen (secondary N) is 1. The fraction of sp³-hybridized carbons (Fsp3) is 0.182. The second-order valence-corrected chi connectivity index (χ2v) is 3.44. The van der Waals surface area contributed by atoms with Crippen LogP contribution in [0.5, 0.6) is 0 Å². The van der Waals surface area contributed by atoms with Crippen molar-refractivity contribution >= 4 is 0 Å². The predicted molar refractivity (Wildman–Crippen MR) is 56.6 cm³/mol. The predicted octanol–water partition coefficient (Wildman–Crippen LogP) is 1.98. The molecule has 0 aliphatic heterocycles. The SMILES string of the molecule is Cc1cc(-c2[nH]ncc2CN)ccc1F. The van der Waals surface area contributed by atoms with E-state index < -0.39 is 0 Å². The van der Waals surface area contributed by atoms with Crippen LogP contribution < -0.4 is 5.73 Å². The summed E-state index contributed by atoms with van der Waals surface area (Å²) in [7, 11) is 0. The number of halogens is 1. The molecular formula is C11H12FN3. The van der Waals surface area contributed by atoms with Crippen molar-refractivity contribution in [3.63, 3.8) is 0 Å². The molecule has 2 aromatic rings. The van der Waals surface area contributed by atoms with Gasteiger partial charge in [0.1, 0.15) is 5.82 Å². The summed E-state index contributed by atoms with van der Waals surface area (Å²) in [4.78, 5) is 0. The van der Waals surface area contributed by atoms with E-state index in [-0.39, 0.29) is 5.82 Å². The maximum Gasteiger partial charge on any atom is 0.126 e. The summed E-state index contributed by atoms with van der Waals surface area (Å²) in [5.41, 5.74) is 8.88. The summed E-state index contributed by atoms with van der Waals surface area (Å²) in [6.45, 7) is 2.15. The van der Waals surface area contributed by atoms with Gasteiger partial charge in [-0.25, -0.2) is 4.39 Å². The van der Waals surface area contributed by atoms with E-state index in [0.29, 0.717) is 12.1 Å². The first kappa shape index (κ1) is 9.86. The van der Waals surface area contributed by atoms with Crippen molar-refractivity contribution in [1.82, 2.24) is 10.2 Å². The molecule has 4 heteroatoms. The third-order valence-electron chi connectivity index (χ3n) is 2.38. The molecule has 3 nitrogen and oxygen atoms in total. The topological polar surface area (TPSA) is 54.7 Å². The molecule has 0 saturated carbocycles. The highest BCUT2D eigenvalue weighted by molar-refractivity contribution is 5.63. The number of H-pyrrole nitrogens is 1. The molecule has 0 unspecified atom stereocenters. The second kappa shape index (κ2) is 3.82. The van der Waals surface area contributed by atoms with Crippen LogP contribution in [0.4, 0.5) is 4.39 Å². The van der Waals surface area contributed by atoms with Crippen LogP contribution in [0.15, 0.2) is 24.4 Å². The molecule has 3 N–H and O–H groups in total. The summed E-state index contributed by atoms with van der Waals surface area (Å²) in [6, 6.07) is 4.95. The fourth-order valence-electron chi connectivity index (χ4n) is 1.52. The molecule has 1 aromatic carbocycles. The monoisotopic (exact) mass is 205 g/mol. The van der Waals surface area contributed by atoms with E-state index in [1.54, 1.807) is 25.3 Å². The van der Waals surface area contributed by atoms with Gasteiger partial charge in [-0.15, -0.1) is 0 Å². The highest BCUT2D eigenvalue weighted by atomic mass is 19.1. The molecule has 0 spiro atoms. The van der Waals surface area contributed by atoms with E-state index in [9.17, 15) is 4.39 Å². The van der Waals surface area contributed by atoms with E-state index in [1.165, 1.54) is 6.07 Å². The molecule has 0 aliphatic carbocycles. The first-order chi connectivity index (χ1) is 7.22. The molecule has 15 heavy (non-hydrogen) atoms. The number of nitrogens with two attached hydrogens (primary N) is 1. The van der Waals surface area contributed by atoms with Gasteiger partial charge in [-0.05, 0) is 30.7 Å². The van der Waals surface area contributed by atoms with Gasteiger partial charge in [0.05, 0.1) is 11.9 Å². The van der Waals surface area contributed by atoms with Crippen LogP contribution in [-0.2, 0) is 6.54 Å². The third kappa shape index (κ3) is 1.76. The number of hydrogen-bond donors (Lipinski definition) is 2. The summed E-state index contributed by atoms with van der Waals surface area (Å²) in [5.74, 6) is -0.201. The molecule has 0 amide bonds. The zero-order valence-electron chi connectivity index (χ0n) is 8.42. The zero-order chi connectivity index (χ0) is 10.8. The highest BCUT2D eigenvalue weighted by Gasteiger charge is 2.07. The van der Waals surface area contributed by atoms with Crippen molar-refractivity contribution in [3.8, 4) is 11.3 Å². The molecule has 2 rings (SSSR count). The van der Waals surface area contributed by atoms with Crippen LogP contribution in [-0.4, -0.2) is 10.2 Å². The van der Waals surface area contributed by atoms with Gasteiger partial charge in [-0.3, -0.25) is 5.10 Å². The summed E-state index contributed by atoms with van der Waals surface area (Å²) >= 11 is 0. The van der Waals surface area contributed by atoms with Crippen LogP contribution >= 0.6 is 0 Å². The number of aromatic amines is 1. The maximum atomic E-state index is 13.1. The Morgan fingerprint density at radius 2 is 2.27 bits per heavy atom. The van der Waals surface area contributed by atoms with E-state index in [1.807, 2.05) is 0 Å². The van der Waals surface area contributed by atoms with Gasteiger partial charge in [0, 0.05) is 17.7 Å². The second-order valence-electron chi connectivity index (χ2n) is 3.44. The number of rotatable bonds is 2. The van der Waals surface area contributed by atoms with Crippen molar-refractivity contribution in [2.45, 2.75) is 13.5 Å². The van der Waals surface area contributed by atoms with Gasteiger partial charge in [-0.2, -0.15) is 5.10 Å². The van der Waals surface area contributed by atoms with Crippen molar-refractivity contribution in [1.29, 1.82) is 0 Å². The van der Waals surface area contributed by atoms with Crippen molar-refractivity contribution in [3.05, 3.63) is 41.3 Å². The number of nitrogens with zero attached hydrogens (tertiary/aromatic N) is 1. The quantitative estimate of drug-likeness (QED) is 0.787. The lowest BCUT2D eigenvalue weighted by Gasteiger charge is -2.03. The Labute approximate surface area is 87.1 Å². The Kier molecular flexibility index (Phi) is 2.51. The Bertz CT molecular complexity index is 476. The first-order valence-electron chi connectivity index (χ1n) is 4.71. The molecule has 1 aromatic heterocycles. The van der Waals surface area contributed by atoms with E-state index in [4.69, 9.17) is 5.73 Å². The summed E-state index contributed by atoms with van der Waals surface area (Å²) in [6.07, 6.45) is 1.69. The smallest absolute Gasteiger partial charge is 0.126 e. The van der Waals surface area contributed by atoms with E-state index >= 15 is 0 Å². The standard InChI is InChI=1S/C11H12FN3/c1-7-4-8(2-3-10(7)12)11-9(5-13)6-14-15-11/h2-4,6H,5,13H2,1H3,(H,14,15). The molecule has 0 radical (unpaired) electrons. The lowest BCUT2D eigenvalue weighted by atomic mass is 10.1. The first-order valence-corrected chi connectivity index (χ1v) is 4.71. The number of aromatic nitrogens is 2. The Morgan fingerprint density at radius 1 is 1.47 bits per heavy atom. The van der Waals surface area contributed by atoms with Crippen molar-refractivity contribution < 1.29 is 4.39 Å². The molecule has 0 fully saturated rings. The number of benzene rings is 1. The molecular weight excluding hydrogens is 193 g/mol. The maximum absolute atomic E-state index is 13.1. The largest absolute Gasteiger partial charge is 0.326 e. The van der Waals surface area contributed by atoms with Gasteiger partial charge < -0.3 is 5.73 Å². The van der Waals surface area contributed by atoms with Crippen LogP contribution in [0.25, 0.3) is 11.3 Å². The van der Waals surface area contributed by atoms with Crippen molar-refractivity contribution in [2.24, 2.45) is 5.73 Å². The average molecular weight is 205 g/mol. The van der Waals surface area contributed by atoms with Crippen LogP contribution in [0.3, 0.4) is 0 Å². The number of hydrogen-bond acceptors (Lipinski definition) is 2. The molecule has 0 aliphatic rings. The zero-order valence-corrected chi connectivity index (χ0v) is 8.42. The minimum Gasteiger partial charge on any atom is -0.326 e. The van der Waals surface area contributed by atoms with Crippen LogP contribution in [0.1, 0.15) is 11.1 Å². The lowest BCUT2D eigenvalue weighted by molar-refractivity contribution is 0.618. The van der Waals surface area contributed by atoms with Gasteiger partial charge in [0.15, 0.2) is 0 Å². The van der Waals surface area contributed by atoms with Crippen molar-refractivity contribution in [2.75, 3.05) is 0 Å². The Balaban J connectivity index is 2.50. The van der Waals surface area contributed by atoms with E-state index in [2.05, 4.69) is 10.2 Å². The van der Waals surface area contributed by atoms with Crippen LogP contribution in [0.2, 0.25) is 0 Å². The van der Waals surface area contributed by atoms with Gasteiger partial charge in [0.25, 0.3) is 0 Å². The normalized spacial score (nSPS) is 10.6. The van der Waals surface area contributed by atoms with Gasteiger partial charge in [-0.1, -0.05) is 0 Å². The molecule has 1 heterocycles.